The molecular weight excluding hydrogens is 316 g/mol. The van der Waals surface area contributed by atoms with Gasteiger partial charge in [-0.15, -0.1) is 0 Å². The molecule has 2 aromatic carbocycles. The Bertz CT molecular complexity index is 693. The first kappa shape index (κ1) is 17.0. The molecule has 1 aliphatic heterocycles. The van der Waals surface area contributed by atoms with Crippen LogP contribution in [-0.4, -0.2) is 36.4 Å². The molecule has 0 radical (unpaired) electrons. The second-order valence-electron chi connectivity index (χ2n) is 6.14. The predicted molar refractivity (Wildman–Crippen MR) is 95.7 cm³/mol. The molecule has 130 valence electrons. The molecule has 0 atom stereocenters. The van der Waals surface area contributed by atoms with E-state index in [0.717, 1.165) is 30.4 Å². The van der Waals surface area contributed by atoms with E-state index in [1.165, 1.54) is 0 Å². The molecule has 0 spiro atoms. The number of nitrogens with zero attached hydrogens (tertiary/aromatic N) is 1. The molecule has 25 heavy (non-hydrogen) atoms. The number of nitrogens with one attached hydrogen (secondary N) is 1. The van der Waals surface area contributed by atoms with Gasteiger partial charge in [0.2, 0.25) is 0 Å². The minimum Gasteiger partial charge on any atom is -0.490 e. The summed E-state index contributed by atoms with van der Waals surface area (Å²) in [5.41, 5.74) is 1.73. The van der Waals surface area contributed by atoms with Gasteiger partial charge < -0.3 is 15.0 Å². The zero-order chi connectivity index (χ0) is 17.5. The van der Waals surface area contributed by atoms with Crippen molar-refractivity contribution in [1.29, 1.82) is 0 Å². The summed E-state index contributed by atoms with van der Waals surface area (Å²) in [6.45, 7) is 1.90. The fourth-order valence-corrected chi connectivity index (χ4v) is 2.88. The van der Waals surface area contributed by atoms with Crippen LogP contribution in [-0.2, 0) is 6.54 Å². The third-order valence-corrected chi connectivity index (χ3v) is 4.33. The number of piperidine rings is 1. The van der Waals surface area contributed by atoms with E-state index in [2.05, 4.69) is 5.32 Å². The predicted octanol–water partition coefficient (Wildman–Crippen LogP) is 3.25. The maximum absolute atomic E-state index is 12.2. The van der Waals surface area contributed by atoms with Crippen LogP contribution in [0.3, 0.4) is 0 Å². The summed E-state index contributed by atoms with van der Waals surface area (Å²) in [4.78, 5) is 24.7. The SMILES string of the molecule is O=Cc1ccc(OC2CCN(C(=O)NCc3ccccc3)CC2)cc1. The van der Waals surface area contributed by atoms with Crippen molar-refractivity contribution in [2.45, 2.75) is 25.5 Å². The number of amides is 2. The Morgan fingerprint density at radius 2 is 1.76 bits per heavy atom. The summed E-state index contributed by atoms with van der Waals surface area (Å²) >= 11 is 0. The Morgan fingerprint density at radius 1 is 1.08 bits per heavy atom. The number of hydrogen-bond donors (Lipinski definition) is 1. The van der Waals surface area contributed by atoms with E-state index in [0.29, 0.717) is 25.2 Å². The van der Waals surface area contributed by atoms with Gasteiger partial charge in [-0.3, -0.25) is 4.79 Å². The number of rotatable bonds is 5. The van der Waals surface area contributed by atoms with Crippen molar-refractivity contribution in [3.8, 4) is 5.75 Å². The van der Waals surface area contributed by atoms with E-state index in [1.54, 1.807) is 12.1 Å². The quantitative estimate of drug-likeness (QED) is 0.852. The topological polar surface area (TPSA) is 58.6 Å². The summed E-state index contributed by atoms with van der Waals surface area (Å²) in [5.74, 6) is 0.762. The van der Waals surface area contributed by atoms with Crippen molar-refractivity contribution >= 4 is 12.3 Å². The Balaban J connectivity index is 1.43. The van der Waals surface area contributed by atoms with E-state index >= 15 is 0 Å². The first-order valence-electron chi connectivity index (χ1n) is 8.53. The van der Waals surface area contributed by atoms with Crippen LogP contribution in [0.2, 0.25) is 0 Å². The molecule has 1 aliphatic rings. The third-order valence-electron chi connectivity index (χ3n) is 4.33. The van der Waals surface area contributed by atoms with Crippen molar-refractivity contribution in [1.82, 2.24) is 10.2 Å². The van der Waals surface area contributed by atoms with Crippen molar-refractivity contribution < 1.29 is 14.3 Å². The van der Waals surface area contributed by atoms with E-state index in [1.807, 2.05) is 47.4 Å². The molecule has 0 saturated carbocycles. The van der Waals surface area contributed by atoms with Gasteiger partial charge in [0.15, 0.2) is 0 Å². The molecule has 1 N–H and O–H groups in total. The van der Waals surface area contributed by atoms with Crippen LogP contribution >= 0.6 is 0 Å². The molecule has 5 heteroatoms. The number of carbonyl (C=O) groups excluding carboxylic acids is 2. The van der Waals surface area contributed by atoms with E-state index < -0.39 is 0 Å². The lowest BCUT2D eigenvalue weighted by atomic mass is 10.1. The average Bonchev–Trinajstić information content (AvgIpc) is 2.68. The van der Waals surface area contributed by atoms with Gasteiger partial charge in [0.25, 0.3) is 0 Å². The maximum Gasteiger partial charge on any atom is 0.317 e. The zero-order valence-corrected chi connectivity index (χ0v) is 14.1. The van der Waals surface area contributed by atoms with Crippen molar-refractivity contribution in [3.05, 3.63) is 65.7 Å². The Morgan fingerprint density at radius 3 is 2.40 bits per heavy atom. The van der Waals surface area contributed by atoms with Gasteiger partial charge >= 0.3 is 6.03 Å². The Labute approximate surface area is 147 Å². The van der Waals surface area contributed by atoms with Gasteiger partial charge in [0, 0.05) is 38.0 Å². The highest BCUT2D eigenvalue weighted by molar-refractivity contribution is 5.75. The highest BCUT2D eigenvalue weighted by Gasteiger charge is 2.23. The fourth-order valence-electron chi connectivity index (χ4n) is 2.88. The Kier molecular flexibility index (Phi) is 5.67. The number of hydrogen-bond acceptors (Lipinski definition) is 3. The molecule has 0 aromatic heterocycles. The second kappa shape index (κ2) is 8.33. The van der Waals surface area contributed by atoms with E-state index in [9.17, 15) is 9.59 Å². The zero-order valence-electron chi connectivity index (χ0n) is 14.1. The smallest absolute Gasteiger partial charge is 0.317 e. The van der Waals surface area contributed by atoms with Crippen molar-refractivity contribution in [2.24, 2.45) is 0 Å². The average molecular weight is 338 g/mol. The summed E-state index contributed by atoms with van der Waals surface area (Å²) < 4.78 is 5.94. The Hall–Kier alpha value is -2.82. The van der Waals surface area contributed by atoms with Crippen LogP contribution < -0.4 is 10.1 Å². The number of aldehydes is 1. The lowest BCUT2D eigenvalue weighted by molar-refractivity contribution is 0.111. The van der Waals surface area contributed by atoms with Crippen LogP contribution in [0, 0.1) is 0 Å². The lowest BCUT2D eigenvalue weighted by Gasteiger charge is -2.32. The maximum atomic E-state index is 12.2. The van der Waals surface area contributed by atoms with Crippen LogP contribution in [0.25, 0.3) is 0 Å². The highest BCUT2D eigenvalue weighted by Crippen LogP contribution is 2.19. The standard InChI is InChI=1S/C20H22N2O3/c23-15-17-6-8-18(9-7-17)25-19-10-12-22(13-11-19)20(24)21-14-16-4-2-1-3-5-16/h1-9,15,19H,10-14H2,(H,21,24). The van der Waals surface area contributed by atoms with Gasteiger partial charge in [-0.05, 0) is 29.8 Å². The first-order chi connectivity index (χ1) is 12.2. The van der Waals surface area contributed by atoms with Crippen molar-refractivity contribution in [3.63, 3.8) is 0 Å². The molecule has 0 aliphatic carbocycles. The normalized spacial score (nSPS) is 14.8. The summed E-state index contributed by atoms with van der Waals surface area (Å²) in [6, 6.07) is 17.0. The monoisotopic (exact) mass is 338 g/mol. The largest absolute Gasteiger partial charge is 0.490 e. The molecule has 0 bridgehead atoms. The molecule has 5 nitrogen and oxygen atoms in total. The first-order valence-corrected chi connectivity index (χ1v) is 8.53. The minimum absolute atomic E-state index is 0.0300. The highest BCUT2D eigenvalue weighted by atomic mass is 16.5. The molecule has 1 fully saturated rings. The molecule has 0 unspecified atom stereocenters. The molecule has 2 aromatic rings. The second-order valence-corrected chi connectivity index (χ2v) is 6.14. The van der Waals surface area contributed by atoms with E-state index in [4.69, 9.17) is 4.74 Å². The summed E-state index contributed by atoms with van der Waals surface area (Å²) in [5, 5.41) is 2.96. The van der Waals surface area contributed by atoms with Crippen LogP contribution in [0.4, 0.5) is 4.79 Å². The number of likely N-dealkylation sites (tertiary alicyclic amines) is 1. The van der Waals surface area contributed by atoms with Gasteiger partial charge in [-0.2, -0.15) is 0 Å². The molecule has 3 rings (SSSR count). The molecule has 2 amide bonds. The van der Waals surface area contributed by atoms with Crippen LogP contribution in [0.5, 0.6) is 5.75 Å². The van der Waals surface area contributed by atoms with Gasteiger partial charge in [-0.1, -0.05) is 30.3 Å². The van der Waals surface area contributed by atoms with Gasteiger partial charge in [-0.25, -0.2) is 4.79 Å². The van der Waals surface area contributed by atoms with Gasteiger partial charge in [0.05, 0.1) is 0 Å². The van der Waals surface area contributed by atoms with Crippen molar-refractivity contribution in [2.75, 3.05) is 13.1 Å². The molecule has 1 heterocycles. The summed E-state index contributed by atoms with van der Waals surface area (Å²) in [7, 11) is 0. The molecular formula is C20H22N2O3. The van der Waals surface area contributed by atoms with Crippen LogP contribution in [0.1, 0.15) is 28.8 Å². The van der Waals surface area contributed by atoms with E-state index in [-0.39, 0.29) is 12.1 Å². The lowest BCUT2D eigenvalue weighted by Crippen LogP contribution is -2.46. The minimum atomic E-state index is -0.0300. The van der Waals surface area contributed by atoms with Gasteiger partial charge in [0.1, 0.15) is 18.1 Å². The number of carbonyl (C=O) groups is 2. The van der Waals surface area contributed by atoms with Crippen LogP contribution in [0.15, 0.2) is 54.6 Å². The number of urea groups is 1. The summed E-state index contributed by atoms with van der Waals surface area (Å²) in [6.07, 6.45) is 2.51. The number of ether oxygens (including phenoxy) is 1. The fraction of sp³-hybridized carbons (Fsp3) is 0.300. The number of benzene rings is 2. The molecule has 1 saturated heterocycles. The third kappa shape index (κ3) is 4.83.